The zero-order chi connectivity index (χ0) is 23.4. The van der Waals surface area contributed by atoms with Crippen LogP contribution in [0.3, 0.4) is 0 Å². The van der Waals surface area contributed by atoms with E-state index in [1.807, 2.05) is 55.1 Å². The number of fused-ring (bicyclic) bond motifs is 2. The number of likely N-dealkylation sites (tertiary alicyclic amines) is 1. The molecule has 2 atom stereocenters. The van der Waals surface area contributed by atoms with Crippen LogP contribution in [0.5, 0.6) is 0 Å². The van der Waals surface area contributed by atoms with Crippen molar-refractivity contribution in [1.29, 1.82) is 0 Å². The molecule has 0 aliphatic carbocycles. The molecule has 8 heteroatoms. The lowest BCUT2D eigenvalue weighted by Gasteiger charge is -2.22. The minimum Gasteiger partial charge on any atom is -0.340 e. The van der Waals surface area contributed by atoms with Gasteiger partial charge in [-0.05, 0) is 26.0 Å². The zero-order valence-corrected chi connectivity index (χ0v) is 19.1. The van der Waals surface area contributed by atoms with Crippen LogP contribution < -0.4 is 4.90 Å². The summed E-state index contributed by atoms with van der Waals surface area (Å²) in [7, 11) is 0. The Morgan fingerprint density at radius 2 is 1.59 bits per heavy atom. The Balaban J connectivity index is 1.28. The molecule has 7 nitrogen and oxygen atoms in total. The van der Waals surface area contributed by atoms with E-state index < -0.39 is 0 Å². The van der Waals surface area contributed by atoms with Gasteiger partial charge in [-0.25, -0.2) is 19.3 Å². The van der Waals surface area contributed by atoms with Crippen molar-refractivity contribution in [2.45, 2.75) is 13.8 Å². The number of aromatic nitrogens is 4. The number of aryl methyl sites for hydroxylation is 2. The van der Waals surface area contributed by atoms with Crippen LogP contribution in [0, 0.1) is 31.5 Å². The molecule has 4 aromatic rings. The van der Waals surface area contributed by atoms with Crippen LogP contribution in [0.2, 0.25) is 0 Å². The topological polar surface area (TPSA) is 66.6 Å². The van der Waals surface area contributed by atoms with Crippen molar-refractivity contribution >= 4 is 17.5 Å². The molecule has 2 aliphatic rings. The highest BCUT2D eigenvalue weighted by atomic mass is 19.1. The number of hydrogen-bond acceptors (Lipinski definition) is 5. The van der Waals surface area contributed by atoms with Crippen LogP contribution in [0.15, 0.2) is 54.7 Å². The third-order valence-electron chi connectivity index (χ3n) is 6.86. The summed E-state index contributed by atoms with van der Waals surface area (Å²) in [4.78, 5) is 31.8. The zero-order valence-electron chi connectivity index (χ0n) is 19.1. The molecule has 2 unspecified atom stereocenters. The fourth-order valence-electron chi connectivity index (χ4n) is 5.34. The van der Waals surface area contributed by atoms with Gasteiger partial charge in [-0.3, -0.25) is 9.20 Å². The summed E-state index contributed by atoms with van der Waals surface area (Å²) in [5.74, 6) is 1.07. The monoisotopic (exact) mass is 456 g/mol. The first-order valence-corrected chi connectivity index (χ1v) is 11.6. The number of halogens is 1. The minimum atomic E-state index is -0.375. The predicted molar refractivity (Wildman–Crippen MR) is 127 cm³/mol. The summed E-state index contributed by atoms with van der Waals surface area (Å²) >= 11 is 0. The molecule has 172 valence electrons. The molecule has 5 heterocycles. The molecule has 34 heavy (non-hydrogen) atoms. The maximum atomic E-state index is 13.9. The molecule has 3 aromatic heterocycles. The maximum Gasteiger partial charge on any atom is 0.273 e. The Morgan fingerprint density at radius 3 is 2.26 bits per heavy atom. The maximum absolute atomic E-state index is 13.9. The summed E-state index contributed by atoms with van der Waals surface area (Å²) in [6, 6.07) is 14.3. The highest BCUT2D eigenvalue weighted by Crippen LogP contribution is 2.35. The van der Waals surface area contributed by atoms with Gasteiger partial charge in [-0.15, -0.1) is 0 Å². The second-order valence-electron chi connectivity index (χ2n) is 9.33. The minimum absolute atomic E-state index is 0.0680. The molecular formula is C26H25FN6O. The van der Waals surface area contributed by atoms with Crippen molar-refractivity contribution in [1.82, 2.24) is 24.3 Å². The van der Waals surface area contributed by atoms with E-state index in [0.717, 1.165) is 36.0 Å². The number of rotatable bonds is 3. The van der Waals surface area contributed by atoms with Crippen LogP contribution in [0.1, 0.15) is 21.9 Å². The van der Waals surface area contributed by atoms with Crippen LogP contribution in [0.25, 0.3) is 16.9 Å². The van der Waals surface area contributed by atoms with Gasteiger partial charge in [0.25, 0.3) is 5.91 Å². The van der Waals surface area contributed by atoms with Gasteiger partial charge in [0.2, 0.25) is 5.95 Å². The molecule has 1 aromatic carbocycles. The Kier molecular flexibility index (Phi) is 4.83. The summed E-state index contributed by atoms with van der Waals surface area (Å²) in [6.07, 6.45) is 1.59. The van der Waals surface area contributed by atoms with Crippen LogP contribution in [0.4, 0.5) is 10.3 Å². The fourth-order valence-corrected chi connectivity index (χ4v) is 5.34. The van der Waals surface area contributed by atoms with E-state index in [1.165, 1.54) is 12.1 Å². The normalized spacial score (nSPS) is 19.7. The van der Waals surface area contributed by atoms with Gasteiger partial charge in [0, 0.05) is 67.2 Å². The van der Waals surface area contributed by atoms with Crippen LogP contribution >= 0.6 is 0 Å². The smallest absolute Gasteiger partial charge is 0.273 e. The number of pyridine rings is 1. The SMILES string of the molecule is Cc1cc(C)nc(N2CC3CN(C(=O)c4c(-c5ccccc5)nc5cc(F)ccn45)CC3C2)n1. The average Bonchev–Trinajstić information content (AvgIpc) is 3.49. The van der Waals surface area contributed by atoms with Gasteiger partial charge in [0.1, 0.15) is 22.9 Å². The standard InChI is InChI=1S/C26H25FN6O/c1-16-10-17(2)29-26(28-16)32-14-19-12-31(13-20(19)15-32)25(34)24-23(18-6-4-3-5-7-18)30-22-11-21(27)8-9-33(22)24/h3-11,19-20H,12-15H2,1-2H3. The molecule has 6 rings (SSSR count). The number of benzene rings is 1. The van der Waals surface area contributed by atoms with Gasteiger partial charge >= 0.3 is 0 Å². The number of anilines is 1. The third-order valence-corrected chi connectivity index (χ3v) is 6.86. The first kappa shape index (κ1) is 20.8. The van der Waals surface area contributed by atoms with Gasteiger partial charge in [0.15, 0.2) is 0 Å². The third kappa shape index (κ3) is 3.50. The molecule has 0 saturated carbocycles. The number of carbonyl (C=O) groups is 1. The molecule has 0 bridgehead atoms. The highest BCUT2D eigenvalue weighted by Gasteiger charge is 2.43. The summed E-state index contributed by atoms with van der Waals surface area (Å²) in [6.45, 7) is 6.99. The van der Waals surface area contributed by atoms with Crippen molar-refractivity contribution < 1.29 is 9.18 Å². The molecule has 2 fully saturated rings. The predicted octanol–water partition coefficient (Wildman–Crippen LogP) is 3.76. The molecule has 0 radical (unpaired) electrons. The van der Waals surface area contributed by atoms with Gasteiger partial charge < -0.3 is 9.80 Å². The van der Waals surface area contributed by atoms with Gasteiger partial charge in [0.05, 0.1) is 0 Å². The van der Waals surface area contributed by atoms with Crippen LogP contribution in [-0.2, 0) is 0 Å². The second-order valence-corrected chi connectivity index (χ2v) is 9.33. The summed E-state index contributed by atoms with van der Waals surface area (Å²) in [5.41, 5.74) is 4.27. The number of carbonyl (C=O) groups excluding carboxylic acids is 1. The Hall–Kier alpha value is -3.81. The van der Waals surface area contributed by atoms with Crippen LogP contribution in [-0.4, -0.2) is 56.3 Å². The second kappa shape index (κ2) is 7.90. The van der Waals surface area contributed by atoms with Crippen molar-refractivity contribution in [3.05, 3.63) is 77.6 Å². The van der Waals surface area contributed by atoms with Crippen molar-refractivity contribution in [3.63, 3.8) is 0 Å². The number of amides is 1. The lowest BCUT2D eigenvalue weighted by molar-refractivity contribution is 0.0776. The Labute approximate surface area is 196 Å². The number of imidazole rings is 1. The van der Waals surface area contributed by atoms with Crippen molar-refractivity contribution in [3.8, 4) is 11.3 Å². The number of nitrogens with zero attached hydrogens (tertiary/aromatic N) is 6. The lowest BCUT2D eigenvalue weighted by Crippen LogP contribution is -2.34. The van der Waals surface area contributed by atoms with E-state index in [2.05, 4.69) is 19.9 Å². The highest BCUT2D eigenvalue weighted by molar-refractivity contribution is 6.00. The Morgan fingerprint density at radius 1 is 0.912 bits per heavy atom. The average molecular weight is 457 g/mol. The van der Waals surface area contributed by atoms with Gasteiger partial charge in [-0.2, -0.15) is 0 Å². The molecule has 0 N–H and O–H groups in total. The molecule has 2 aliphatic heterocycles. The molecule has 0 spiro atoms. The van der Waals surface area contributed by atoms with E-state index in [-0.39, 0.29) is 11.7 Å². The Bertz CT molecular complexity index is 1370. The first-order valence-electron chi connectivity index (χ1n) is 11.6. The molecule has 2 saturated heterocycles. The van der Waals surface area contributed by atoms with E-state index in [0.29, 0.717) is 42.0 Å². The van der Waals surface area contributed by atoms with E-state index in [9.17, 15) is 9.18 Å². The van der Waals surface area contributed by atoms with E-state index in [1.54, 1.807) is 10.6 Å². The molecular weight excluding hydrogens is 431 g/mol. The molecule has 1 amide bonds. The lowest BCUT2D eigenvalue weighted by atomic mass is 10.0. The van der Waals surface area contributed by atoms with Crippen molar-refractivity contribution in [2.75, 3.05) is 31.1 Å². The number of hydrogen-bond donors (Lipinski definition) is 0. The largest absolute Gasteiger partial charge is 0.340 e. The van der Waals surface area contributed by atoms with Crippen molar-refractivity contribution in [2.24, 2.45) is 11.8 Å². The first-order chi connectivity index (χ1) is 16.5. The fraction of sp³-hybridized carbons (Fsp3) is 0.308. The van der Waals surface area contributed by atoms with E-state index in [4.69, 9.17) is 0 Å². The van der Waals surface area contributed by atoms with Gasteiger partial charge in [-0.1, -0.05) is 30.3 Å². The summed E-state index contributed by atoms with van der Waals surface area (Å²) < 4.78 is 15.6. The summed E-state index contributed by atoms with van der Waals surface area (Å²) in [5, 5.41) is 0. The van der Waals surface area contributed by atoms with E-state index >= 15 is 0 Å². The quantitative estimate of drug-likeness (QED) is 0.470.